The van der Waals surface area contributed by atoms with Gasteiger partial charge in [-0.2, -0.15) is 0 Å². The standard InChI is InChI=1S/C26H27NO5/c1-15(2)21-12-22-19(11-25(29)32-23(22)9-17(21)4)14-31-26(30)18-10-24(28)27(13-18)20-7-5-16(3)6-8-20/h5-9,11-12,15,18H,10,13-14H2,1-4H3/t18-/m0/s1. The Morgan fingerprint density at radius 1 is 1.12 bits per heavy atom. The molecular weight excluding hydrogens is 406 g/mol. The van der Waals surface area contributed by atoms with Crippen molar-refractivity contribution < 1.29 is 18.7 Å². The largest absolute Gasteiger partial charge is 0.461 e. The lowest BCUT2D eigenvalue weighted by molar-refractivity contribution is -0.149. The molecule has 0 bridgehead atoms. The monoisotopic (exact) mass is 433 g/mol. The number of fused-ring (bicyclic) bond motifs is 1. The molecule has 6 heteroatoms. The molecule has 1 saturated heterocycles. The number of anilines is 1. The molecule has 6 nitrogen and oxygen atoms in total. The molecule has 166 valence electrons. The molecule has 2 heterocycles. The number of rotatable bonds is 5. The number of nitrogens with zero attached hydrogens (tertiary/aromatic N) is 1. The van der Waals surface area contributed by atoms with E-state index in [1.807, 2.05) is 50.2 Å². The van der Waals surface area contributed by atoms with Crippen LogP contribution in [-0.2, 0) is 20.9 Å². The molecule has 2 aromatic carbocycles. The third kappa shape index (κ3) is 4.31. The quantitative estimate of drug-likeness (QED) is 0.433. The zero-order valence-electron chi connectivity index (χ0n) is 18.8. The van der Waals surface area contributed by atoms with E-state index < -0.39 is 17.5 Å². The molecule has 0 unspecified atom stereocenters. The van der Waals surface area contributed by atoms with Crippen molar-refractivity contribution in [3.63, 3.8) is 0 Å². The van der Waals surface area contributed by atoms with E-state index in [2.05, 4.69) is 13.8 Å². The maximum Gasteiger partial charge on any atom is 0.336 e. The minimum absolute atomic E-state index is 0.0449. The summed E-state index contributed by atoms with van der Waals surface area (Å²) in [5.74, 6) is -0.771. The highest BCUT2D eigenvalue weighted by Crippen LogP contribution is 2.29. The van der Waals surface area contributed by atoms with Gasteiger partial charge in [0.2, 0.25) is 5.91 Å². The minimum Gasteiger partial charge on any atom is -0.461 e. The minimum atomic E-state index is -0.538. The SMILES string of the molecule is Cc1ccc(N2C[C@@H](C(=O)OCc3cc(=O)oc4cc(C)c(C(C)C)cc34)CC2=O)cc1. The lowest BCUT2D eigenvalue weighted by atomic mass is 9.95. The van der Waals surface area contributed by atoms with Gasteiger partial charge in [0.1, 0.15) is 12.2 Å². The van der Waals surface area contributed by atoms with Gasteiger partial charge in [-0.15, -0.1) is 0 Å². The number of carbonyl (C=O) groups excluding carboxylic acids is 2. The fraction of sp³-hybridized carbons (Fsp3) is 0.346. The van der Waals surface area contributed by atoms with Gasteiger partial charge in [-0.25, -0.2) is 4.79 Å². The lowest BCUT2D eigenvalue weighted by Gasteiger charge is -2.17. The maximum absolute atomic E-state index is 12.7. The smallest absolute Gasteiger partial charge is 0.336 e. The van der Waals surface area contributed by atoms with E-state index in [9.17, 15) is 14.4 Å². The van der Waals surface area contributed by atoms with Crippen LogP contribution in [0.1, 0.15) is 48.4 Å². The van der Waals surface area contributed by atoms with Crippen molar-refractivity contribution in [1.82, 2.24) is 0 Å². The molecule has 1 atom stereocenters. The summed E-state index contributed by atoms with van der Waals surface area (Å²) in [6, 6.07) is 12.9. The second kappa shape index (κ2) is 8.61. The van der Waals surface area contributed by atoms with Gasteiger partial charge in [0.05, 0.1) is 5.92 Å². The highest BCUT2D eigenvalue weighted by molar-refractivity contribution is 5.99. The topological polar surface area (TPSA) is 76.8 Å². The van der Waals surface area contributed by atoms with E-state index in [-0.39, 0.29) is 25.5 Å². The van der Waals surface area contributed by atoms with Crippen LogP contribution in [0.3, 0.4) is 0 Å². The predicted octanol–water partition coefficient (Wildman–Crippen LogP) is 4.63. The zero-order valence-corrected chi connectivity index (χ0v) is 18.8. The summed E-state index contributed by atoms with van der Waals surface area (Å²) in [5.41, 5.74) is 4.67. The first-order valence-corrected chi connectivity index (χ1v) is 10.8. The van der Waals surface area contributed by atoms with Gasteiger partial charge in [-0.1, -0.05) is 31.5 Å². The average Bonchev–Trinajstić information content (AvgIpc) is 3.13. The second-order valence-electron chi connectivity index (χ2n) is 8.80. The second-order valence-corrected chi connectivity index (χ2v) is 8.80. The van der Waals surface area contributed by atoms with Gasteiger partial charge >= 0.3 is 11.6 Å². The van der Waals surface area contributed by atoms with E-state index in [0.29, 0.717) is 17.1 Å². The van der Waals surface area contributed by atoms with Gasteiger partial charge < -0.3 is 14.1 Å². The summed E-state index contributed by atoms with van der Waals surface area (Å²) in [6.45, 7) is 8.41. The van der Waals surface area contributed by atoms with Crippen LogP contribution in [0.25, 0.3) is 11.0 Å². The average molecular weight is 434 g/mol. The van der Waals surface area contributed by atoms with Crippen LogP contribution < -0.4 is 10.5 Å². The van der Waals surface area contributed by atoms with Gasteiger partial charge in [0.25, 0.3) is 0 Å². The molecule has 32 heavy (non-hydrogen) atoms. The Morgan fingerprint density at radius 2 is 1.84 bits per heavy atom. The highest BCUT2D eigenvalue weighted by Gasteiger charge is 2.36. The summed E-state index contributed by atoms with van der Waals surface area (Å²) < 4.78 is 10.9. The van der Waals surface area contributed by atoms with Crippen LogP contribution in [0.5, 0.6) is 0 Å². The fourth-order valence-electron chi connectivity index (χ4n) is 4.24. The molecule has 1 aromatic heterocycles. The molecule has 0 aliphatic carbocycles. The van der Waals surface area contributed by atoms with Crippen molar-refractivity contribution in [1.29, 1.82) is 0 Å². The number of aryl methyl sites for hydroxylation is 2. The Labute approximate surface area is 186 Å². The number of ether oxygens (including phenoxy) is 1. The van der Waals surface area contributed by atoms with Gasteiger partial charge in [0.15, 0.2) is 0 Å². The van der Waals surface area contributed by atoms with Gasteiger partial charge in [-0.05, 0) is 55.2 Å². The molecular formula is C26H27NO5. The number of hydrogen-bond donors (Lipinski definition) is 0. The Bertz CT molecular complexity index is 1240. The summed E-state index contributed by atoms with van der Waals surface area (Å²) in [4.78, 5) is 38.9. The molecule has 4 rings (SSSR count). The van der Waals surface area contributed by atoms with Crippen molar-refractivity contribution in [2.75, 3.05) is 11.4 Å². The third-order valence-corrected chi connectivity index (χ3v) is 6.01. The summed E-state index contributed by atoms with van der Waals surface area (Å²) >= 11 is 0. The molecule has 1 fully saturated rings. The van der Waals surface area contributed by atoms with Crippen molar-refractivity contribution in [3.05, 3.63) is 75.1 Å². The van der Waals surface area contributed by atoms with Crippen LogP contribution >= 0.6 is 0 Å². The molecule has 3 aromatic rings. The van der Waals surface area contributed by atoms with Crippen LogP contribution in [0.2, 0.25) is 0 Å². The first kappa shape index (κ1) is 21.8. The van der Waals surface area contributed by atoms with Crippen LogP contribution in [-0.4, -0.2) is 18.4 Å². The predicted molar refractivity (Wildman–Crippen MR) is 123 cm³/mol. The first-order valence-electron chi connectivity index (χ1n) is 10.8. The Hall–Kier alpha value is -3.41. The van der Waals surface area contributed by atoms with Crippen LogP contribution in [0, 0.1) is 19.8 Å². The maximum atomic E-state index is 12.7. The van der Waals surface area contributed by atoms with E-state index >= 15 is 0 Å². The number of hydrogen-bond acceptors (Lipinski definition) is 5. The molecule has 0 spiro atoms. The molecule has 0 radical (unpaired) electrons. The Kier molecular flexibility index (Phi) is 5.87. The highest BCUT2D eigenvalue weighted by atomic mass is 16.5. The van der Waals surface area contributed by atoms with E-state index in [0.717, 1.165) is 27.8 Å². The summed E-state index contributed by atoms with van der Waals surface area (Å²) in [7, 11) is 0. The van der Waals surface area contributed by atoms with Gasteiger partial charge in [0, 0.05) is 35.7 Å². The molecule has 1 aliphatic heterocycles. The van der Waals surface area contributed by atoms with Crippen molar-refractivity contribution >= 4 is 28.5 Å². The summed E-state index contributed by atoms with van der Waals surface area (Å²) in [5, 5.41) is 0.760. The van der Waals surface area contributed by atoms with Crippen LogP contribution in [0.15, 0.2) is 51.7 Å². The number of benzene rings is 2. The van der Waals surface area contributed by atoms with Gasteiger partial charge in [-0.3, -0.25) is 9.59 Å². The van der Waals surface area contributed by atoms with Crippen molar-refractivity contribution in [2.45, 2.75) is 46.6 Å². The Balaban J connectivity index is 1.51. The van der Waals surface area contributed by atoms with Crippen LogP contribution in [0.4, 0.5) is 5.69 Å². The van der Waals surface area contributed by atoms with Crippen molar-refractivity contribution in [3.8, 4) is 0 Å². The third-order valence-electron chi connectivity index (χ3n) is 6.01. The zero-order chi connectivity index (χ0) is 23.0. The molecule has 0 saturated carbocycles. The van der Waals surface area contributed by atoms with E-state index in [4.69, 9.17) is 9.15 Å². The molecule has 1 amide bonds. The van der Waals surface area contributed by atoms with E-state index in [1.54, 1.807) is 4.90 Å². The number of esters is 1. The molecule has 0 N–H and O–H groups in total. The number of amides is 1. The van der Waals surface area contributed by atoms with Crippen molar-refractivity contribution in [2.24, 2.45) is 5.92 Å². The lowest BCUT2D eigenvalue weighted by Crippen LogP contribution is -2.26. The normalized spacial score (nSPS) is 16.2. The Morgan fingerprint density at radius 3 is 2.53 bits per heavy atom. The summed E-state index contributed by atoms with van der Waals surface area (Å²) in [6.07, 6.45) is 0.112. The fourth-order valence-corrected chi connectivity index (χ4v) is 4.24. The molecule has 1 aliphatic rings. The number of carbonyl (C=O) groups is 2. The first-order chi connectivity index (χ1) is 15.2. The van der Waals surface area contributed by atoms with E-state index in [1.165, 1.54) is 6.07 Å².